The molecule has 1 atom stereocenters. The summed E-state index contributed by atoms with van der Waals surface area (Å²) in [5.41, 5.74) is 11.6. The van der Waals surface area contributed by atoms with Crippen LogP contribution in [0.1, 0.15) is 64.2 Å². The lowest BCUT2D eigenvalue weighted by molar-refractivity contribution is 0.221. The van der Waals surface area contributed by atoms with Gasteiger partial charge < -0.3 is 11.1 Å². The van der Waals surface area contributed by atoms with Gasteiger partial charge in [0.2, 0.25) is 0 Å². The number of benzene rings is 2. The second-order valence-electron chi connectivity index (χ2n) is 8.50. The highest BCUT2D eigenvalue weighted by Gasteiger charge is 2.27. The Morgan fingerprint density at radius 1 is 1.10 bits per heavy atom. The number of hydrazine groups is 1. The third-order valence-corrected chi connectivity index (χ3v) is 5.49. The molecule has 0 aliphatic carbocycles. The summed E-state index contributed by atoms with van der Waals surface area (Å²) >= 11 is 0. The van der Waals surface area contributed by atoms with Gasteiger partial charge in [-0.25, -0.2) is 4.39 Å². The second kappa shape index (κ2) is 11.1. The molecule has 0 heterocycles. The van der Waals surface area contributed by atoms with Gasteiger partial charge in [0.05, 0.1) is 0 Å². The number of alkyl halides is 1. The van der Waals surface area contributed by atoms with Gasteiger partial charge in [-0.3, -0.25) is 16.7 Å². The van der Waals surface area contributed by atoms with Gasteiger partial charge in [-0.1, -0.05) is 50.6 Å². The second-order valence-corrected chi connectivity index (χ2v) is 8.50. The normalized spacial score (nSPS) is 12.9. The molecular formula is C25H38FN5. The van der Waals surface area contributed by atoms with E-state index in [9.17, 15) is 4.39 Å². The first-order chi connectivity index (χ1) is 14.4. The first kappa shape index (κ1) is 26.3. The van der Waals surface area contributed by atoms with Crippen molar-refractivity contribution in [2.45, 2.75) is 58.5 Å². The number of nitrogens with one attached hydrogen (secondary N) is 3. The standard InChI is InChI=1S/C24H32FN3.CH6N2/c1-7-14-24(6,16(2)3)18-10-13-21(20(15-18)22(26)27)28-19-11-8-17(9-12-19)23(4,5)25;1-3-2/h8-13,15,28H,2,7,14H2,1,3-6H3,(H3,26,27);3H,2H2,1H3. The average molecular weight is 428 g/mol. The quantitative estimate of drug-likeness (QED) is 0.124. The van der Waals surface area contributed by atoms with Gasteiger partial charge in [0.25, 0.3) is 0 Å². The Morgan fingerprint density at radius 2 is 1.61 bits per heavy atom. The molecule has 0 aliphatic heterocycles. The summed E-state index contributed by atoms with van der Waals surface area (Å²) in [4.78, 5) is 0. The zero-order valence-corrected chi connectivity index (χ0v) is 19.7. The van der Waals surface area contributed by atoms with Crippen LogP contribution in [0.15, 0.2) is 54.6 Å². The van der Waals surface area contributed by atoms with Crippen molar-refractivity contribution in [1.29, 1.82) is 5.41 Å². The maximum Gasteiger partial charge on any atom is 0.130 e. The summed E-state index contributed by atoms with van der Waals surface area (Å²) in [6, 6.07) is 13.2. The molecule has 31 heavy (non-hydrogen) atoms. The highest BCUT2D eigenvalue weighted by Crippen LogP contribution is 2.37. The Hall–Kier alpha value is -2.70. The first-order valence-corrected chi connectivity index (χ1v) is 10.5. The van der Waals surface area contributed by atoms with Crippen molar-refractivity contribution >= 4 is 17.2 Å². The minimum Gasteiger partial charge on any atom is -0.384 e. The maximum absolute atomic E-state index is 14.1. The number of nitrogen functional groups attached to an aromatic ring is 1. The molecule has 0 spiro atoms. The van der Waals surface area contributed by atoms with Crippen molar-refractivity contribution < 1.29 is 4.39 Å². The van der Waals surface area contributed by atoms with Crippen LogP contribution in [0.3, 0.4) is 0 Å². The number of halogens is 1. The average Bonchev–Trinajstić information content (AvgIpc) is 2.68. The topological polar surface area (TPSA) is 100.0 Å². The number of nitrogens with two attached hydrogens (primary N) is 2. The number of amidine groups is 1. The molecule has 2 aromatic rings. The lowest BCUT2D eigenvalue weighted by Crippen LogP contribution is -2.24. The molecule has 0 aliphatic rings. The van der Waals surface area contributed by atoms with Crippen LogP contribution in [0.25, 0.3) is 0 Å². The molecule has 0 amide bonds. The van der Waals surface area contributed by atoms with Crippen molar-refractivity contribution in [2.75, 3.05) is 12.4 Å². The van der Waals surface area contributed by atoms with Crippen LogP contribution in [-0.4, -0.2) is 12.9 Å². The smallest absolute Gasteiger partial charge is 0.130 e. The Bertz CT molecular complexity index is 884. The fourth-order valence-corrected chi connectivity index (χ4v) is 3.43. The van der Waals surface area contributed by atoms with Crippen LogP contribution in [0.2, 0.25) is 0 Å². The van der Waals surface area contributed by atoms with E-state index in [4.69, 9.17) is 11.1 Å². The minimum absolute atomic E-state index is 0.00595. The third kappa shape index (κ3) is 6.91. The van der Waals surface area contributed by atoms with E-state index in [2.05, 4.69) is 43.1 Å². The van der Waals surface area contributed by atoms with Gasteiger partial charge in [0, 0.05) is 22.4 Å². The zero-order valence-electron chi connectivity index (χ0n) is 19.7. The molecule has 7 N–H and O–H groups in total. The summed E-state index contributed by atoms with van der Waals surface area (Å²) in [6.07, 6.45) is 2.02. The van der Waals surface area contributed by atoms with Gasteiger partial charge in [0.1, 0.15) is 11.5 Å². The van der Waals surface area contributed by atoms with Crippen molar-refractivity contribution in [3.05, 3.63) is 71.3 Å². The van der Waals surface area contributed by atoms with Crippen LogP contribution in [0, 0.1) is 5.41 Å². The van der Waals surface area contributed by atoms with Crippen molar-refractivity contribution in [3.63, 3.8) is 0 Å². The highest BCUT2D eigenvalue weighted by molar-refractivity contribution is 6.01. The molecule has 2 rings (SSSR count). The van der Waals surface area contributed by atoms with Crippen LogP contribution in [0.5, 0.6) is 0 Å². The van der Waals surface area contributed by atoms with Crippen LogP contribution in [-0.2, 0) is 11.1 Å². The van der Waals surface area contributed by atoms with E-state index >= 15 is 0 Å². The molecule has 0 bridgehead atoms. The maximum atomic E-state index is 14.1. The Labute approximate surface area is 186 Å². The van der Waals surface area contributed by atoms with Crippen molar-refractivity contribution in [2.24, 2.45) is 11.6 Å². The van der Waals surface area contributed by atoms with Gasteiger partial charge >= 0.3 is 0 Å². The van der Waals surface area contributed by atoms with Crippen LogP contribution < -0.4 is 22.3 Å². The molecule has 5 nitrogen and oxygen atoms in total. The lowest BCUT2D eigenvalue weighted by Gasteiger charge is -2.31. The van der Waals surface area contributed by atoms with E-state index in [-0.39, 0.29) is 11.3 Å². The molecule has 0 radical (unpaired) electrons. The van der Waals surface area contributed by atoms with Crippen molar-refractivity contribution in [1.82, 2.24) is 5.43 Å². The Balaban J connectivity index is 0.00000151. The fraction of sp³-hybridized carbons (Fsp3) is 0.400. The number of anilines is 2. The van der Waals surface area contributed by atoms with E-state index < -0.39 is 5.67 Å². The molecule has 0 saturated carbocycles. The van der Waals surface area contributed by atoms with Crippen molar-refractivity contribution in [3.8, 4) is 0 Å². The zero-order chi connectivity index (χ0) is 23.8. The summed E-state index contributed by atoms with van der Waals surface area (Å²) in [6.45, 7) is 13.6. The molecule has 1 unspecified atom stereocenters. The highest BCUT2D eigenvalue weighted by atomic mass is 19.1. The molecule has 2 aromatic carbocycles. The van der Waals surface area contributed by atoms with Crippen LogP contribution in [0.4, 0.5) is 15.8 Å². The number of hydrogen-bond acceptors (Lipinski definition) is 4. The van der Waals surface area contributed by atoms with E-state index in [1.54, 1.807) is 19.2 Å². The molecule has 0 aromatic heterocycles. The number of allylic oxidation sites excluding steroid dienone is 1. The predicted octanol–water partition coefficient (Wildman–Crippen LogP) is 5.63. The largest absolute Gasteiger partial charge is 0.384 e. The summed E-state index contributed by atoms with van der Waals surface area (Å²) in [5.74, 6) is 4.60. The molecule has 170 valence electrons. The van der Waals surface area contributed by atoms with E-state index in [0.717, 1.165) is 35.4 Å². The van der Waals surface area contributed by atoms with Gasteiger partial charge in [-0.15, -0.1) is 0 Å². The third-order valence-electron chi connectivity index (χ3n) is 5.49. The molecule has 6 heteroatoms. The van der Waals surface area contributed by atoms with Gasteiger partial charge in [-0.2, -0.15) is 0 Å². The monoisotopic (exact) mass is 427 g/mol. The van der Waals surface area contributed by atoms with Gasteiger partial charge in [-0.05, 0) is 69.6 Å². The molecular weight excluding hydrogens is 389 g/mol. The molecule has 0 saturated heterocycles. The minimum atomic E-state index is -1.38. The summed E-state index contributed by atoms with van der Waals surface area (Å²) < 4.78 is 14.1. The van der Waals surface area contributed by atoms with E-state index in [1.807, 2.05) is 31.2 Å². The number of hydrogen-bond donors (Lipinski definition) is 5. The molecule has 0 fully saturated rings. The Kier molecular flexibility index (Phi) is 9.40. The fourth-order valence-electron chi connectivity index (χ4n) is 3.43. The summed E-state index contributed by atoms with van der Waals surface area (Å²) in [7, 11) is 1.65. The first-order valence-electron chi connectivity index (χ1n) is 10.5. The van der Waals surface area contributed by atoms with Gasteiger partial charge in [0.15, 0.2) is 0 Å². The van der Waals surface area contributed by atoms with E-state index in [1.165, 1.54) is 13.8 Å². The summed E-state index contributed by atoms with van der Waals surface area (Å²) in [5, 5.41) is 11.3. The Morgan fingerprint density at radius 3 is 2.03 bits per heavy atom. The SMILES string of the molecule is C=C(C)C(C)(CCC)c1ccc(Nc2ccc(C(C)(C)F)cc2)c(C(=N)N)c1.CNN. The number of rotatable bonds is 8. The lowest BCUT2D eigenvalue weighted by atomic mass is 9.73. The van der Waals surface area contributed by atoms with Crippen LogP contribution >= 0.6 is 0 Å². The predicted molar refractivity (Wildman–Crippen MR) is 132 cm³/mol. The van der Waals surface area contributed by atoms with E-state index in [0.29, 0.717) is 11.1 Å².